The van der Waals surface area contributed by atoms with Crippen LogP contribution >= 0.6 is 0 Å². The lowest BCUT2D eigenvalue weighted by atomic mass is 9.54. The van der Waals surface area contributed by atoms with Crippen molar-refractivity contribution < 1.29 is 4.79 Å². The molecule has 0 N–H and O–H groups in total. The lowest BCUT2D eigenvalue weighted by molar-refractivity contribution is -0.0476. The number of carbonyl (C=O) groups is 1. The fourth-order valence-corrected chi connectivity index (χ4v) is 6.52. The number of urea groups is 1. The summed E-state index contributed by atoms with van der Waals surface area (Å²) in [4.78, 5) is 17.8. The van der Waals surface area contributed by atoms with Gasteiger partial charge in [0.2, 0.25) is 0 Å². The van der Waals surface area contributed by atoms with Crippen molar-refractivity contribution in [2.45, 2.75) is 71.9 Å². The van der Waals surface area contributed by atoms with Crippen molar-refractivity contribution in [3.8, 4) is 0 Å². The highest BCUT2D eigenvalue weighted by Crippen LogP contribution is 2.55. The van der Waals surface area contributed by atoms with E-state index >= 15 is 0 Å². The van der Waals surface area contributed by atoms with E-state index in [2.05, 4.69) is 37.5 Å². The van der Waals surface area contributed by atoms with E-state index < -0.39 is 0 Å². The molecule has 1 heterocycles. The Morgan fingerprint density at radius 2 is 1.52 bits per heavy atom. The molecule has 1 saturated heterocycles. The predicted molar refractivity (Wildman–Crippen MR) is 93.1 cm³/mol. The molecular formula is C20H34N2O. The van der Waals surface area contributed by atoms with Crippen LogP contribution in [-0.2, 0) is 0 Å². The first-order chi connectivity index (χ1) is 10.9. The van der Waals surface area contributed by atoms with Crippen LogP contribution in [0.25, 0.3) is 0 Å². The smallest absolute Gasteiger partial charge is 0.319 e. The van der Waals surface area contributed by atoms with Gasteiger partial charge >= 0.3 is 6.03 Å². The summed E-state index contributed by atoms with van der Waals surface area (Å²) < 4.78 is 0. The molecule has 4 bridgehead atoms. The summed E-state index contributed by atoms with van der Waals surface area (Å²) >= 11 is 0. The van der Waals surface area contributed by atoms with Gasteiger partial charge in [0, 0.05) is 19.1 Å². The van der Waals surface area contributed by atoms with Crippen LogP contribution < -0.4 is 0 Å². The molecule has 5 fully saturated rings. The lowest BCUT2D eigenvalue weighted by Gasteiger charge is -2.56. The highest BCUT2D eigenvalue weighted by molar-refractivity contribution is 5.78. The first-order valence-corrected chi connectivity index (χ1v) is 10.0. The number of amides is 2. The topological polar surface area (TPSA) is 23.6 Å². The number of carbonyl (C=O) groups excluding carboxylic acids is 1. The molecule has 3 heteroatoms. The molecule has 23 heavy (non-hydrogen) atoms. The second-order valence-electron chi connectivity index (χ2n) is 9.71. The van der Waals surface area contributed by atoms with Gasteiger partial charge in [-0.3, -0.25) is 0 Å². The van der Waals surface area contributed by atoms with Gasteiger partial charge in [-0.2, -0.15) is 0 Å². The maximum atomic E-state index is 13.2. The summed E-state index contributed by atoms with van der Waals surface area (Å²) in [6.45, 7) is 10.9. The third kappa shape index (κ3) is 2.59. The minimum atomic E-state index is 0.356. The van der Waals surface area contributed by atoms with Crippen LogP contribution in [0.2, 0.25) is 0 Å². The van der Waals surface area contributed by atoms with E-state index in [1.807, 2.05) is 0 Å². The highest BCUT2D eigenvalue weighted by Gasteiger charge is 2.53. The standard InChI is InChI=1S/C20H34N2O/c1-12(2)10-21-18(13(3)4)11-22(20(21)23)19-16-6-14-5-15(8-16)9-17(19)7-14/h12-19H,5-11H2,1-4H3. The van der Waals surface area contributed by atoms with Crippen molar-refractivity contribution in [3.63, 3.8) is 0 Å². The molecule has 0 aromatic carbocycles. The molecule has 5 aliphatic rings. The Bertz CT molecular complexity index is 444. The largest absolute Gasteiger partial charge is 0.320 e. The van der Waals surface area contributed by atoms with E-state index in [-0.39, 0.29) is 0 Å². The van der Waals surface area contributed by atoms with E-state index in [0.717, 1.165) is 36.8 Å². The first kappa shape index (κ1) is 15.8. The maximum Gasteiger partial charge on any atom is 0.320 e. The Morgan fingerprint density at radius 1 is 0.957 bits per heavy atom. The molecule has 2 amide bonds. The molecule has 4 aliphatic carbocycles. The minimum absolute atomic E-state index is 0.356. The van der Waals surface area contributed by atoms with Crippen LogP contribution in [0.15, 0.2) is 0 Å². The predicted octanol–water partition coefficient (Wildman–Crippen LogP) is 4.23. The van der Waals surface area contributed by atoms with Crippen molar-refractivity contribution in [3.05, 3.63) is 0 Å². The van der Waals surface area contributed by atoms with Crippen molar-refractivity contribution in [1.82, 2.24) is 9.80 Å². The van der Waals surface area contributed by atoms with Gasteiger partial charge in [-0.05, 0) is 67.6 Å². The van der Waals surface area contributed by atoms with Gasteiger partial charge < -0.3 is 9.80 Å². The average molecular weight is 319 g/mol. The summed E-state index contributed by atoms with van der Waals surface area (Å²) in [6.07, 6.45) is 7.09. The van der Waals surface area contributed by atoms with Crippen molar-refractivity contribution in [2.24, 2.45) is 35.5 Å². The van der Waals surface area contributed by atoms with Crippen LogP contribution in [0, 0.1) is 35.5 Å². The Morgan fingerprint density at radius 3 is 2.00 bits per heavy atom. The first-order valence-electron chi connectivity index (χ1n) is 10.0. The van der Waals surface area contributed by atoms with Gasteiger partial charge in [0.25, 0.3) is 0 Å². The molecule has 0 aromatic rings. The molecule has 0 radical (unpaired) electrons. The SMILES string of the molecule is CC(C)CN1C(=O)N(C2C3CC4CC(C3)CC2C4)CC1C(C)C. The zero-order valence-electron chi connectivity index (χ0n) is 15.4. The van der Waals surface area contributed by atoms with Crippen LogP contribution in [0.5, 0.6) is 0 Å². The third-order valence-corrected chi connectivity index (χ3v) is 7.14. The second-order valence-corrected chi connectivity index (χ2v) is 9.71. The Labute approximate surface area is 141 Å². The van der Waals surface area contributed by atoms with Crippen LogP contribution in [0.4, 0.5) is 4.79 Å². The molecule has 5 rings (SSSR count). The number of hydrogen-bond acceptors (Lipinski definition) is 1. The monoisotopic (exact) mass is 318 g/mol. The molecule has 130 valence electrons. The summed E-state index contributed by atoms with van der Waals surface area (Å²) in [7, 11) is 0. The second kappa shape index (κ2) is 5.67. The van der Waals surface area contributed by atoms with E-state index in [1.54, 1.807) is 0 Å². The van der Waals surface area contributed by atoms with Gasteiger partial charge in [-0.15, -0.1) is 0 Å². The zero-order valence-corrected chi connectivity index (χ0v) is 15.4. The van der Waals surface area contributed by atoms with Crippen molar-refractivity contribution in [1.29, 1.82) is 0 Å². The number of rotatable bonds is 4. The van der Waals surface area contributed by atoms with Crippen LogP contribution in [0.1, 0.15) is 59.8 Å². The molecule has 4 saturated carbocycles. The molecule has 0 spiro atoms. The average Bonchev–Trinajstić information content (AvgIpc) is 2.75. The summed E-state index contributed by atoms with van der Waals surface area (Å²) in [6, 6.07) is 1.34. The molecule has 0 aromatic heterocycles. The van der Waals surface area contributed by atoms with E-state index in [1.165, 1.54) is 32.1 Å². The van der Waals surface area contributed by atoms with E-state index in [9.17, 15) is 4.79 Å². The molecule has 1 unspecified atom stereocenters. The van der Waals surface area contributed by atoms with Crippen molar-refractivity contribution >= 4 is 6.03 Å². The third-order valence-electron chi connectivity index (χ3n) is 7.14. The molecule has 1 atom stereocenters. The minimum Gasteiger partial charge on any atom is -0.319 e. The quantitative estimate of drug-likeness (QED) is 0.761. The lowest BCUT2D eigenvalue weighted by Crippen LogP contribution is -2.56. The van der Waals surface area contributed by atoms with Crippen molar-refractivity contribution in [2.75, 3.05) is 13.1 Å². The van der Waals surface area contributed by atoms with Gasteiger partial charge in [0.1, 0.15) is 0 Å². The fourth-order valence-electron chi connectivity index (χ4n) is 6.52. The van der Waals surface area contributed by atoms with Gasteiger partial charge in [-0.25, -0.2) is 4.79 Å². The van der Waals surface area contributed by atoms with Gasteiger partial charge in [0.05, 0.1) is 6.04 Å². The van der Waals surface area contributed by atoms with E-state index in [0.29, 0.717) is 30.0 Å². The normalized spacial score (nSPS) is 42.6. The Balaban J connectivity index is 1.56. The molecule has 3 nitrogen and oxygen atoms in total. The van der Waals surface area contributed by atoms with Gasteiger partial charge in [0.15, 0.2) is 0 Å². The summed E-state index contributed by atoms with van der Waals surface area (Å²) in [5.41, 5.74) is 0. The van der Waals surface area contributed by atoms with Gasteiger partial charge in [-0.1, -0.05) is 27.7 Å². The highest BCUT2D eigenvalue weighted by atomic mass is 16.2. The summed E-state index contributed by atoms with van der Waals surface area (Å²) in [5.74, 6) is 4.69. The number of hydrogen-bond donors (Lipinski definition) is 0. The van der Waals surface area contributed by atoms with Crippen LogP contribution in [0.3, 0.4) is 0 Å². The zero-order chi connectivity index (χ0) is 16.3. The Hall–Kier alpha value is -0.730. The number of nitrogens with zero attached hydrogens (tertiary/aromatic N) is 2. The van der Waals surface area contributed by atoms with E-state index in [4.69, 9.17) is 0 Å². The molecular weight excluding hydrogens is 284 g/mol. The maximum absolute atomic E-state index is 13.2. The fraction of sp³-hybridized carbons (Fsp3) is 0.950. The Kier molecular flexibility index (Phi) is 3.89. The van der Waals surface area contributed by atoms with Crippen LogP contribution in [-0.4, -0.2) is 41.0 Å². The summed E-state index contributed by atoms with van der Waals surface area (Å²) in [5, 5.41) is 0. The molecule has 1 aliphatic heterocycles.